The van der Waals surface area contributed by atoms with Gasteiger partial charge < -0.3 is 10.1 Å². The summed E-state index contributed by atoms with van der Waals surface area (Å²) < 4.78 is 32.9. The monoisotopic (exact) mass is 303 g/mol. The normalized spacial score (nSPS) is 20.3. The van der Waals surface area contributed by atoms with Crippen molar-refractivity contribution in [3.63, 3.8) is 0 Å². The summed E-state index contributed by atoms with van der Waals surface area (Å²) in [6, 6.07) is 2.02. The van der Waals surface area contributed by atoms with Gasteiger partial charge in [0.1, 0.15) is 11.6 Å². The number of hydrogen-bond acceptors (Lipinski definition) is 2. The van der Waals surface area contributed by atoms with Crippen molar-refractivity contribution >= 4 is 11.6 Å². The van der Waals surface area contributed by atoms with E-state index >= 15 is 0 Å². The molecule has 0 saturated carbocycles. The van der Waals surface area contributed by atoms with Crippen LogP contribution in [0.2, 0.25) is 5.02 Å². The molecular weight excluding hydrogens is 284 g/mol. The summed E-state index contributed by atoms with van der Waals surface area (Å²) in [6.45, 7) is 0.844. The first kappa shape index (κ1) is 15.7. The molecule has 0 amide bonds. The van der Waals surface area contributed by atoms with Crippen molar-refractivity contribution in [1.82, 2.24) is 5.32 Å². The van der Waals surface area contributed by atoms with Gasteiger partial charge in [-0.1, -0.05) is 11.6 Å². The van der Waals surface area contributed by atoms with Crippen LogP contribution in [0, 0.1) is 11.6 Å². The number of halogens is 3. The lowest BCUT2D eigenvalue weighted by Crippen LogP contribution is -2.18. The van der Waals surface area contributed by atoms with E-state index < -0.39 is 11.6 Å². The fourth-order valence-electron chi connectivity index (χ4n) is 2.68. The van der Waals surface area contributed by atoms with E-state index in [0.29, 0.717) is 11.7 Å². The van der Waals surface area contributed by atoms with Crippen LogP contribution in [0.4, 0.5) is 8.78 Å². The third-order valence-electron chi connectivity index (χ3n) is 3.81. The Morgan fingerprint density at radius 1 is 1.40 bits per heavy atom. The minimum Gasteiger partial charge on any atom is -0.378 e. The zero-order chi connectivity index (χ0) is 14.5. The highest BCUT2D eigenvalue weighted by molar-refractivity contribution is 6.30. The van der Waals surface area contributed by atoms with Crippen LogP contribution in [0.5, 0.6) is 0 Å². The van der Waals surface area contributed by atoms with E-state index in [9.17, 15) is 8.78 Å². The molecule has 20 heavy (non-hydrogen) atoms. The predicted octanol–water partition coefficient (Wildman–Crippen LogP) is 4.23. The first-order valence-corrected chi connectivity index (χ1v) is 7.43. The molecule has 0 spiro atoms. The molecule has 2 nitrogen and oxygen atoms in total. The summed E-state index contributed by atoms with van der Waals surface area (Å²) in [5.41, 5.74) is 0.335. The maximum Gasteiger partial charge on any atom is 0.142 e. The van der Waals surface area contributed by atoms with Crippen LogP contribution in [-0.2, 0) is 4.74 Å². The Morgan fingerprint density at radius 3 is 2.85 bits per heavy atom. The Labute approximate surface area is 123 Å². The molecule has 1 aromatic carbocycles. The van der Waals surface area contributed by atoms with Gasteiger partial charge in [-0.3, -0.25) is 0 Å². The molecular formula is C15H20ClF2NO. The van der Waals surface area contributed by atoms with Gasteiger partial charge in [0.2, 0.25) is 0 Å². The van der Waals surface area contributed by atoms with Gasteiger partial charge >= 0.3 is 0 Å². The average molecular weight is 304 g/mol. The van der Waals surface area contributed by atoms with Crippen molar-refractivity contribution < 1.29 is 13.5 Å². The van der Waals surface area contributed by atoms with Gasteiger partial charge in [-0.2, -0.15) is 0 Å². The highest BCUT2D eigenvalue weighted by Crippen LogP contribution is 2.28. The molecule has 1 heterocycles. The fraction of sp³-hybridized carbons (Fsp3) is 0.600. The Hall–Kier alpha value is -0.710. The maximum atomic E-state index is 13.9. The van der Waals surface area contributed by atoms with Gasteiger partial charge in [-0.25, -0.2) is 8.78 Å². The lowest BCUT2D eigenvalue weighted by molar-refractivity contribution is 0.101. The number of nitrogens with one attached hydrogen (secondary N) is 1. The highest BCUT2D eigenvalue weighted by Gasteiger charge is 2.19. The van der Waals surface area contributed by atoms with Crippen molar-refractivity contribution in [2.24, 2.45) is 0 Å². The van der Waals surface area contributed by atoms with Gasteiger partial charge in [-0.05, 0) is 51.3 Å². The molecule has 2 unspecified atom stereocenters. The molecule has 2 rings (SSSR count). The SMILES string of the molecule is CNC(CCCC1CCCO1)c1cc(F)c(Cl)cc1F. The van der Waals surface area contributed by atoms with Crippen LogP contribution < -0.4 is 5.32 Å². The topological polar surface area (TPSA) is 21.3 Å². The summed E-state index contributed by atoms with van der Waals surface area (Å²) in [7, 11) is 1.75. The lowest BCUT2D eigenvalue weighted by Gasteiger charge is -2.18. The quantitative estimate of drug-likeness (QED) is 0.794. The Balaban J connectivity index is 1.95. The first-order valence-electron chi connectivity index (χ1n) is 7.05. The van der Waals surface area contributed by atoms with Crippen LogP contribution in [0.1, 0.15) is 43.7 Å². The van der Waals surface area contributed by atoms with Gasteiger partial charge in [0.05, 0.1) is 11.1 Å². The van der Waals surface area contributed by atoms with Crippen molar-refractivity contribution in [2.75, 3.05) is 13.7 Å². The van der Waals surface area contributed by atoms with E-state index in [1.165, 1.54) is 6.07 Å². The average Bonchev–Trinajstić information content (AvgIpc) is 2.93. The lowest BCUT2D eigenvalue weighted by atomic mass is 9.98. The van der Waals surface area contributed by atoms with Gasteiger partial charge in [0.25, 0.3) is 0 Å². The Bertz CT molecular complexity index is 450. The first-order chi connectivity index (χ1) is 9.61. The molecule has 1 N–H and O–H groups in total. The zero-order valence-corrected chi connectivity index (χ0v) is 12.4. The largest absolute Gasteiger partial charge is 0.378 e. The van der Waals surface area contributed by atoms with Gasteiger partial charge in [-0.15, -0.1) is 0 Å². The Kier molecular flexibility index (Phi) is 5.75. The summed E-state index contributed by atoms with van der Waals surface area (Å²) in [5, 5.41) is 2.86. The molecule has 0 aliphatic carbocycles. The summed E-state index contributed by atoms with van der Waals surface area (Å²) >= 11 is 5.57. The zero-order valence-electron chi connectivity index (χ0n) is 11.6. The molecule has 0 bridgehead atoms. The second kappa shape index (κ2) is 7.34. The van der Waals surface area contributed by atoms with Crippen molar-refractivity contribution in [2.45, 2.75) is 44.2 Å². The number of rotatable bonds is 6. The summed E-state index contributed by atoms with van der Waals surface area (Å²) in [5.74, 6) is -1.05. The molecule has 1 aliphatic heterocycles. The molecule has 1 saturated heterocycles. The maximum absolute atomic E-state index is 13.9. The van der Waals surface area contributed by atoms with Crippen LogP contribution in [0.25, 0.3) is 0 Å². The van der Waals surface area contributed by atoms with Crippen LogP contribution in [-0.4, -0.2) is 19.8 Å². The second-order valence-corrected chi connectivity index (χ2v) is 5.60. The van der Waals surface area contributed by atoms with E-state index in [1.54, 1.807) is 7.05 Å². The molecule has 1 fully saturated rings. The van der Waals surface area contributed by atoms with Crippen LogP contribution in [0.3, 0.4) is 0 Å². The highest BCUT2D eigenvalue weighted by atomic mass is 35.5. The van der Waals surface area contributed by atoms with E-state index in [2.05, 4.69) is 5.32 Å². The number of hydrogen-bond donors (Lipinski definition) is 1. The molecule has 2 atom stereocenters. The minimum atomic E-state index is -0.581. The van der Waals surface area contributed by atoms with E-state index in [4.69, 9.17) is 16.3 Å². The fourth-order valence-corrected chi connectivity index (χ4v) is 2.83. The number of ether oxygens (including phenoxy) is 1. The minimum absolute atomic E-state index is 0.180. The third-order valence-corrected chi connectivity index (χ3v) is 4.10. The second-order valence-electron chi connectivity index (χ2n) is 5.20. The number of benzene rings is 1. The van der Waals surface area contributed by atoms with E-state index in [1.807, 2.05) is 0 Å². The molecule has 1 aliphatic rings. The smallest absolute Gasteiger partial charge is 0.142 e. The van der Waals surface area contributed by atoms with Crippen molar-refractivity contribution in [3.8, 4) is 0 Å². The molecule has 1 aromatic rings. The Morgan fingerprint density at radius 2 is 2.20 bits per heavy atom. The predicted molar refractivity (Wildman–Crippen MR) is 76.0 cm³/mol. The summed E-state index contributed by atoms with van der Waals surface area (Å²) in [4.78, 5) is 0. The standard InChI is InChI=1S/C15H20ClF2NO/c1-19-15(6-2-4-10-5-3-7-20-10)11-8-14(18)12(16)9-13(11)17/h8-10,15,19H,2-7H2,1H3. The van der Waals surface area contributed by atoms with Crippen LogP contribution >= 0.6 is 11.6 Å². The third kappa shape index (κ3) is 3.90. The van der Waals surface area contributed by atoms with Crippen LogP contribution in [0.15, 0.2) is 12.1 Å². The molecule has 112 valence electrons. The van der Waals surface area contributed by atoms with Crippen molar-refractivity contribution in [1.29, 1.82) is 0 Å². The van der Waals surface area contributed by atoms with Gasteiger partial charge in [0, 0.05) is 18.2 Å². The van der Waals surface area contributed by atoms with E-state index in [-0.39, 0.29) is 11.1 Å². The van der Waals surface area contributed by atoms with E-state index in [0.717, 1.165) is 44.8 Å². The molecule has 0 radical (unpaired) electrons. The molecule has 5 heteroatoms. The summed E-state index contributed by atoms with van der Waals surface area (Å²) in [6.07, 6.45) is 5.19. The van der Waals surface area contributed by atoms with Gasteiger partial charge in [0.15, 0.2) is 0 Å². The molecule has 0 aromatic heterocycles. The van der Waals surface area contributed by atoms with Crippen molar-refractivity contribution in [3.05, 3.63) is 34.4 Å².